The van der Waals surface area contributed by atoms with E-state index in [-0.39, 0.29) is 5.92 Å². The van der Waals surface area contributed by atoms with Crippen LogP contribution in [0.3, 0.4) is 0 Å². The normalized spacial score (nSPS) is 17.5. The van der Waals surface area contributed by atoms with E-state index in [2.05, 4.69) is 16.0 Å². The number of Topliss-reactive ketones (excluding diaryl/α,β-unsaturated/α-hetero) is 1. The minimum atomic E-state index is -0.0105. The van der Waals surface area contributed by atoms with Crippen LogP contribution in [0.15, 0.2) is 42.7 Å². The standard InChI is InChI=1S/C17H18N2O/c20-16(10-9-14-7-1-2-11-18-14)15-8-3-5-13-6-4-12-19-17(13)15/h1-2,4,6-7,11-12,15H,3,5,8-10H2. The molecule has 0 aromatic carbocycles. The van der Waals surface area contributed by atoms with Crippen LogP contribution in [-0.2, 0) is 17.6 Å². The Kier molecular flexibility index (Phi) is 3.86. The minimum absolute atomic E-state index is 0.0105. The van der Waals surface area contributed by atoms with Gasteiger partial charge in [0, 0.05) is 24.5 Å². The number of nitrogens with zero attached hydrogens (tertiary/aromatic N) is 2. The number of aromatic nitrogens is 2. The van der Waals surface area contributed by atoms with Crippen LogP contribution >= 0.6 is 0 Å². The first kappa shape index (κ1) is 13.0. The average Bonchev–Trinajstić information content (AvgIpc) is 2.53. The Morgan fingerprint density at radius 1 is 1.15 bits per heavy atom. The van der Waals surface area contributed by atoms with Crippen molar-refractivity contribution in [2.24, 2.45) is 0 Å². The zero-order valence-electron chi connectivity index (χ0n) is 11.5. The minimum Gasteiger partial charge on any atom is -0.299 e. The summed E-state index contributed by atoms with van der Waals surface area (Å²) in [4.78, 5) is 21.2. The summed E-state index contributed by atoms with van der Waals surface area (Å²) in [5.74, 6) is 0.291. The molecule has 2 aromatic heterocycles. The van der Waals surface area contributed by atoms with E-state index >= 15 is 0 Å². The molecule has 0 saturated heterocycles. The highest BCUT2D eigenvalue weighted by Crippen LogP contribution is 2.31. The predicted octanol–water partition coefficient (Wildman–Crippen LogP) is 3.10. The molecule has 0 fully saturated rings. The lowest BCUT2D eigenvalue weighted by atomic mass is 9.82. The van der Waals surface area contributed by atoms with Crippen molar-refractivity contribution in [2.45, 2.75) is 38.0 Å². The number of fused-ring (bicyclic) bond motifs is 1. The van der Waals surface area contributed by atoms with Crippen LogP contribution < -0.4 is 0 Å². The maximum atomic E-state index is 12.5. The molecule has 3 nitrogen and oxygen atoms in total. The van der Waals surface area contributed by atoms with Crippen molar-refractivity contribution in [3.8, 4) is 0 Å². The summed E-state index contributed by atoms with van der Waals surface area (Å²) in [6, 6.07) is 9.89. The summed E-state index contributed by atoms with van der Waals surface area (Å²) in [6.45, 7) is 0. The maximum absolute atomic E-state index is 12.5. The highest BCUT2D eigenvalue weighted by molar-refractivity contribution is 5.86. The Labute approximate surface area is 119 Å². The smallest absolute Gasteiger partial charge is 0.142 e. The average molecular weight is 266 g/mol. The fourth-order valence-corrected chi connectivity index (χ4v) is 2.89. The Hall–Kier alpha value is -2.03. The molecule has 3 rings (SSSR count). The molecule has 0 saturated carbocycles. The number of carbonyl (C=O) groups is 1. The Balaban J connectivity index is 1.69. The van der Waals surface area contributed by atoms with Crippen molar-refractivity contribution in [3.63, 3.8) is 0 Å². The lowest BCUT2D eigenvalue weighted by molar-refractivity contribution is -0.120. The van der Waals surface area contributed by atoms with Crippen molar-refractivity contribution >= 4 is 5.78 Å². The second kappa shape index (κ2) is 5.95. The monoisotopic (exact) mass is 266 g/mol. The number of hydrogen-bond donors (Lipinski definition) is 0. The van der Waals surface area contributed by atoms with Gasteiger partial charge in [-0.25, -0.2) is 0 Å². The number of pyridine rings is 2. The van der Waals surface area contributed by atoms with Crippen LogP contribution in [0.1, 0.15) is 42.1 Å². The molecular formula is C17H18N2O. The van der Waals surface area contributed by atoms with Gasteiger partial charge in [0.2, 0.25) is 0 Å². The molecule has 0 spiro atoms. The van der Waals surface area contributed by atoms with E-state index in [0.717, 1.165) is 37.1 Å². The molecule has 1 unspecified atom stereocenters. The van der Waals surface area contributed by atoms with Crippen LogP contribution in [0, 0.1) is 0 Å². The first-order chi connectivity index (χ1) is 9.84. The third-order valence-corrected chi connectivity index (χ3v) is 3.94. The first-order valence-electron chi connectivity index (χ1n) is 7.21. The summed E-state index contributed by atoms with van der Waals surface area (Å²) in [5, 5.41) is 0. The van der Waals surface area contributed by atoms with Crippen LogP contribution in [0.4, 0.5) is 0 Å². The lowest BCUT2D eigenvalue weighted by Crippen LogP contribution is -2.20. The summed E-state index contributed by atoms with van der Waals surface area (Å²) >= 11 is 0. The number of rotatable bonds is 4. The first-order valence-corrected chi connectivity index (χ1v) is 7.21. The van der Waals surface area contributed by atoms with Gasteiger partial charge in [0.15, 0.2) is 0 Å². The quantitative estimate of drug-likeness (QED) is 0.854. The van der Waals surface area contributed by atoms with Crippen molar-refractivity contribution in [1.82, 2.24) is 9.97 Å². The molecule has 0 radical (unpaired) electrons. The zero-order chi connectivity index (χ0) is 13.8. The second-order valence-electron chi connectivity index (χ2n) is 5.28. The fraction of sp³-hybridized carbons (Fsp3) is 0.353. The molecule has 1 atom stereocenters. The molecule has 1 aliphatic carbocycles. The Morgan fingerprint density at radius 2 is 2.05 bits per heavy atom. The largest absolute Gasteiger partial charge is 0.299 e. The third kappa shape index (κ3) is 2.77. The molecule has 1 aliphatic rings. The van der Waals surface area contributed by atoms with E-state index in [1.807, 2.05) is 24.3 Å². The van der Waals surface area contributed by atoms with Gasteiger partial charge in [-0.05, 0) is 49.4 Å². The van der Waals surface area contributed by atoms with E-state index in [0.29, 0.717) is 12.2 Å². The second-order valence-corrected chi connectivity index (χ2v) is 5.28. The lowest BCUT2D eigenvalue weighted by Gasteiger charge is -2.23. The molecular weight excluding hydrogens is 248 g/mol. The van der Waals surface area contributed by atoms with Gasteiger partial charge in [0.05, 0.1) is 11.6 Å². The van der Waals surface area contributed by atoms with E-state index in [4.69, 9.17) is 0 Å². The van der Waals surface area contributed by atoms with E-state index < -0.39 is 0 Å². The van der Waals surface area contributed by atoms with Crippen molar-refractivity contribution in [3.05, 3.63) is 59.7 Å². The molecule has 20 heavy (non-hydrogen) atoms. The van der Waals surface area contributed by atoms with Crippen molar-refractivity contribution in [2.75, 3.05) is 0 Å². The van der Waals surface area contributed by atoms with Crippen LogP contribution in [0.5, 0.6) is 0 Å². The molecule has 3 heteroatoms. The van der Waals surface area contributed by atoms with Gasteiger partial charge in [0.25, 0.3) is 0 Å². The van der Waals surface area contributed by atoms with Gasteiger partial charge in [-0.3, -0.25) is 14.8 Å². The molecule has 0 bridgehead atoms. The zero-order valence-corrected chi connectivity index (χ0v) is 11.5. The Morgan fingerprint density at radius 3 is 2.90 bits per heavy atom. The van der Waals surface area contributed by atoms with Gasteiger partial charge in [0.1, 0.15) is 5.78 Å². The number of hydrogen-bond acceptors (Lipinski definition) is 3. The summed E-state index contributed by atoms with van der Waals surface area (Å²) < 4.78 is 0. The number of aryl methyl sites for hydroxylation is 2. The van der Waals surface area contributed by atoms with Crippen molar-refractivity contribution in [1.29, 1.82) is 0 Å². The molecule has 2 heterocycles. The highest BCUT2D eigenvalue weighted by Gasteiger charge is 2.26. The van der Waals surface area contributed by atoms with Gasteiger partial charge >= 0.3 is 0 Å². The van der Waals surface area contributed by atoms with Crippen LogP contribution in [0.2, 0.25) is 0 Å². The summed E-state index contributed by atoms with van der Waals surface area (Å²) in [7, 11) is 0. The number of carbonyl (C=O) groups excluding carboxylic acids is 1. The van der Waals surface area contributed by atoms with Crippen LogP contribution in [-0.4, -0.2) is 15.8 Å². The highest BCUT2D eigenvalue weighted by atomic mass is 16.1. The van der Waals surface area contributed by atoms with E-state index in [1.54, 1.807) is 12.4 Å². The third-order valence-electron chi connectivity index (χ3n) is 3.94. The SMILES string of the molecule is O=C(CCc1ccccn1)C1CCCc2cccnc21. The van der Waals surface area contributed by atoms with E-state index in [9.17, 15) is 4.79 Å². The molecule has 0 N–H and O–H groups in total. The fourth-order valence-electron chi connectivity index (χ4n) is 2.89. The molecule has 0 amide bonds. The number of ketones is 1. The van der Waals surface area contributed by atoms with Crippen LogP contribution in [0.25, 0.3) is 0 Å². The molecule has 2 aromatic rings. The van der Waals surface area contributed by atoms with E-state index in [1.165, 1.54) is 5.56 Å². The summed E-state index contributed by atoms with van der Waals surface area (Å²) in [5.41, 5.74) is 3.23. The predicted molar refractivity (Wildman–Crippen MR) is 77.5 cm³/mol. The molecule has 0 aliphatic heterocycles. The molecule has 102 valence electrons. The topological polar surface area (TPSA) is 42.9 Å². The van der Waals surface area contributed by atoms with Gasteiger partial charge in [-0.15, -0.1) is 0 Å². The van der Waals surface area contributed by atoms with Crippen molar-refractivity contribution < 1.29 is 4.79 Å². The van der Waals surface area contributed by atoms with Gasteiger partial charge < -0.3 is 0 Å². The van der Waals surface area contributed by atoms with Gasteiger partial charge in [-0.1, -0.05) is 12.1 Å². The maximum Gasteiger partial charge on any atom is 0.142 e. The Bertz CT molecular complexity index is 595. The summed E-state index contributed by atoms with van der Waals surface area (Å²) in [6.07, 6.45) is 7.91. The van der Waals surface area contributed by atoms with Gasteiger partial charge in [-0.2, -0.15) is 0 Å².